The summed E-state index contributed by atoms with van der Waals surface area (Å²) in [6.07, 6.45) is 3.49. The number of carboxylic acid groups (broad SMARTS) is 1. The number of amides is 1. The molecule has 0 atom stereocenters. The molecule has 0 saturated heterocycles. The summed E-state index contributed by atoms with van der Waals surface area (Å²) in [5.74, 6) is -1.94. The van der Waals surface area contributed by atoms with Crippen molar-refractivity contribution >= 4 is 33.5 Å². The summed E-state index contributed by atoms with van der Waals surface area (Å²) in [5, 5.41) is 11.9. The minimum absolute atomic E-state index is 0.0609. The number of hydrogen-bond donors (Lipinski definition) is 2. The number of anilines is 1. The van der Waals surface area contributed by atoms with Gasteiger partial charge < -0.3 is 10.4 Å². The van der Waals surface area contributed by atoms with Crippen molar-refractivity contribution in [3.05, 3.63) is 28.5 Å². The third-order valence-electron chi connectivity index (χ3n) is 3.97. The molecule has 4 nitrogen and oxygen atoms in total. The fourth-order valence-electron chi connectivity index (χ4n) is 2.79. The van der Waals surface area contributed by atoms with Crippen LogP contribution in [0.25, 0.3) is 0 Å². The van der Waals surface area contributed by atoms with Crippen LogP contribution in [0.1, 0.15) is 38.5 Å². The SMILES string of the molecule is O=C(CC1(C(=O)O)CCCCC1)Nc1cc(Br)ccc1F. The molecule has 6 heteroatoms. The second-order valence-corrected chi connectivity index (χ2v) is 6.41. The van der Waals surface area contributed by atoms with Crippen molar-refractivity contribution in [2.24, 2.45) is 5.41 Å². The molecule has 1 aromatic carbocycles. The van der Waals surface area contributed by atoms with Gasteiger partial charge in [0.15, 0.2) is 0 Å². The lowest BCUT2D eigenvalue weighted by molar-refractivity contribution is -0.153. The highest BCUT2D eigenvalue weighted by Crippen LogP contribution is 2.40. The third-order valence-corrected chi connectivity index (χ3v) is 4.46. The fraction of sp³-hybridized carbons (Fsp3) is 0.467. The van der Waals surface area contributed by atoms with Gasteiger partial charge in [0.1, 0.15) is 5.82 Å². The number of hydrogen-bond acceptors (Lipinski definition) is 2. The van der Waals surface area contributed by atoms with Gasteiger partial charge in [0.25, 0.3) is 0 Å². The van der Waals surface area contributed by atoms with Crippen molar-refractivity contribution in [3.63, 3.8) is 0 Å². The molecule has 1 saturated carbocycles. The van der Waals surface area contributed by atoms with Crippen LogP contribution in [-0.2, 0) is 9.59 Å². The van der Waals surface area contributed by atoms with Crippen LogP contribution in [0.3, 0.4) is 0 Å². The Morgan fingerprint density at radius 1 is 1.29 bits per heavy atom. The van der Waals surface area contributed by atoms with Gasteiger partial charge in [-0.3, -0.25) is 9.59 Å². The summed E-state index contributed by atoms with van der Waals surface area (Å²) in [4.78, 5) is 23.6. The topological polar surface area (TPSA) is 66.4 Å². The van der Waals surface area contributed by atoms with E-state index in [0.29, 0.717) is 17.3 Å². The molecule has 0 aromatic heterocycles. The van der Waals surface area contributed by atoms with Crippen LogP contribution in [0.2, 0.25) is 0 Å². The molecule has 0 spiro atoms. The van der Waals surface area contributed by atoms with Crippen LogP contribution in [0.15, 0.2) is 22.7 Å². The lowest BCUT2D eigenvalue weighted by Crippen LogP contribution is -2.37. The van der Waals surface area contributed by atoms with Crippen LogP contribution in [-0.4, -0.2) is 17.0 Å². The van der Waals surface area contributed by atoms with Crippen LogP contribution in [0.4, 0.5) is 10.1 Å². The number of carbonyl (C=O) groups is 2. The van der Waals surface area contributed by atoms with E-state index in [1.54, 1.807) is 0 Å². The third kappa shape index (κ3) is 3.81. The molecule has 0 heterocycles. The van der Waals surface area contributed by atoms with E-state index in [1.807, 2.05) is 0 Å². The lowest BCUT2D eigenvalue weighted by atomic mass is 9.71. The van der Waals surface area contributed by atoms with Crippen LogP contribution >= 0.6 is 15.9 Å². The molecule has 0 bridgehead atoms. The molecule has 1 aliphatic carbocycles. The highest BCUT2D eigenvalue weighted by atomic mass is 79.9. The number of carboxylic acids is 1. The minimum atomic E-state index is -1.01. The van der Waals surface area contributed by atoms with E-state index in [-0.39, 0.29) is 12.1 Å². The molecular formula is C15H17BrFNO3. The summed E-state index contributed by atoms with van der Waals surface area (Å²) in [6, 6.07) is 4.24. The van der Waals surface area contributed by atoms with Crippen LogP contribution < -0.4 is 5.32 Å². The van der Waals surface area contributed by atoms with Gasteiger partial charge in [-0.05, 0) is 31.0 Å². The van der Waals surface area contributed by atoms with Gasteiger partial charge in [-0.1, -0.05) is 35.2 Å². The van der Waals surface area contributed by atoms with E-state index < -0.39 is 23.1 Å². The molecule has 0 radical (unpaired) electrons. The average molecular weight is 358 g/mol. The summed E-state index contributed by atoms with van der Waals surface area (Å²) in [5.41, 5.74) is -0.948. The Morgan fingerprint density at radius 3 is 2.57 bits per heavy atom. The molecule has 1 fully saturated rings. The molecule has 1 amide bonds. The molecule has 1 aromatic rings. The van der Waals surface area contributed by atoms with Crippen molar-refractivity contribution in [1.29, 1.82) is 0 Å². The largest absolute Gasteiger partial charge is 0.481 e. The number of carbonyl (C=O) groups excluding carboxylic acids is 1. The predicted molar refractivity (Wildman–Crippen MR) is 80.5 cm³/mol. The van der Waals surface area contributed by atoms with Gasteiger partial charge in [0, 0.05) is 10.9 Å². The maximum Gasteiger partial charge on any atom is 0.310 e. The Balaban J connectivity index is 2.09. The Hall–Kier alpha value is -1.43. The molecule has 1 aliphatic rings. The van der Waals surface area contributed by atoms with E-state index in [1.165, 1.54) is 18.2 Å². The molecule has 0 aliphatic heterocycles. The quantitative estimate of drug-likeness (QED) is 0.857. The smallest absolute Gasteiger partial charge is 0.310 e. The lowest BCUT2D eigenvalue weighted by Gasteiger charge is -2.32. The van der Waals surface area contributed by atoms with Crippen molar-refractivity contribution in [2.45, 2.75) is 38.5 Å². The van der Waals surface area contributed by atoms with Crippen molar-refractivity contribution < 1.29 is 19.1 Å². The van der Waals surface area contributed by atoms with Crippen molar-refractivity contribution in [3.8, 4) is 0 Å². The summed E-state index contributed by atoms with van der Waals surface area (Å²) in [7, 11) is 0. The first-order valence-corrected chi connectivity index (χ1v) is 7.71. The standard InChI is InChI=1S/C15H17BrFNO3/c16-10-4-5-11(17)12(8-10)18-13(19)9-15(14(20)21)6-2-1-3-7-15/h4-5,8H,1-3,6-7,9H2,(H,18,19)(H,20,21). The van der Waals surface area contributed by atoms with E-state index in [9.17, 15) is 19.1 Å². The fourth-order valence-corrected chi connectivity index (χ4v) is 3.15. The van der Waals surface area contributed by atoms with Crippen molar-refractivity contribution in [1.82, 2.24) is 0 Å². The summed E-state index contributed by atoms with van der Waals surface area (Å²) in [6.45, 7) is 0. The summed E-state index contributed by atoms with van der Waals surface area (Å²) < 4.78 is 14.3. The molecule has 2 rings (SSSR count). The monoisotopic (exact) mass is 357 g/mol. The zero-order valence-electron chi connectivity index (χ0n) is 11.5. The van der Waals surface area contributed by atoms with E-state index in [2.05, 4.69) is 21.2 Å². The van der Waals surface area contributed by atoms with Gasteiger partial charge in [0.2, 0.25) is 5.91 Å². The Kier molecular flexibility index (Phi) is 4.98. The van der Waals surface area contributed by atoms with Crippen LogP contribution in [0, 0.1) is 11.2 Å². The normalized spacial score (nSPS) is 17.2. The number of aliphatic carboxylic acids is 1. The first-order chi connectivity index (χ1) is 9.93. The number of rotatable bonds is 4. The predicted octanol–water partition coefficient (Wildman–Crippen LogP) is 3.95. The number of benzene rings is 1. The zero-order chi connectivity index (χ0) is 15.5. The van der Waals surface area contributed by atoms with E-state index in [4.69, 9.17) is 0 Å². The van der Waals surface area contributed by atoms with Gasteiger partial charge in [0.05, 0.1) is 11.1 Å². The van der Waals surface area contributed by atoms with Gasteiger partial charge in [-0.15, -0.1) is 0 Å². The maximum absolute atomic E-state index is 13.6. The Bertz CT molecular complexity index is 556. The number of halogens is 2. The first-order valence-electron chi connectivity index (χ1n) is 6.91. The molecule has 21 heavy (non-hydrogen) atoms. The molecular weight excluding hydrogens is 341 g/mol. The highest BCUT2D eigenvalue weighted by Gasteiger charge is 2.41. The van der Waals surface area contributed by atoms with Crippen LogP contribution in [0.5, 0.6) is 0 Å². The highest BCUT2D eigenvalue weighted by molar-refractivity contribution is 9.10. The van der Waals surface area contributed by atoms with Gasteiger partial charge >= 0.3 is 5.97 Å². The zero-order valence-corrected chi connectivity index (χ0v) is 13.1. The van der Waals surface area contributed by atoms with E-state index >= 15 is 0 Å². The Morgan fingerprint density at radius 2 is 1.95 bits per heavy atom. The molecule has 0 unspecified atom stereocenters. The second-order valence-electron chi connectivity index (χ2n) is 5.50. The number of nitrogens with one attached hydrogen (secondary N) is 1. The molecule has 2 N–H and O–H groups in total. The van der Waals surface area contributed by atoms with Gasteiger partial charge in [-0.2, -0.15) is 0 Å². The molecule has 114 valence electrons. The summed E-state index contributed by atoms with van der Waals surface area (Å²) >= 11 is 3.21. The van der Waals surface area contributed by atoms with Gasteiger partial charge in [-0.25, -0.2) is 4.39 Å². The van der Waals surface area contributed by atoms with E-state index in [0.717, 1.165) is 19.3 Å². The average Bonchev–Trinajstić information content (AvgIpc) is 2.43. The minimum Gasteiger partial charge on any atom is -0.481 e. The maximum atomic E-state index is 13.6. The first kappa shape index (κ1) is 15.9. The second kappa shape index (κ2) is 6.56. The Labute approximate surface area is 130 Å². The van der Waals surface area contributed by atoms with Crippen molar-refractivity contribution in [2.75, 3.05) is 5.32 Å².